The standard InChI is InChI=1S/C24H27N3O4/c1-30-20-7-3-5-14-16(20)10-9-15-18(14)13-25-19(15)11-12-27-23(28)17-6-4-8-21(31-2)22(17)26-24(27)29/h3-8,15,18-19,25H,9-13H2,1-2H3,(H,26,29)/t15-,18-,19?/m0/s1. The third-order valence-electron chi connectivity index (χ3n) is 7.01. The van der Waals surface area contributed by atoms with Crippen molar-refractivity contribution in [2.24, 2.45) is 5.92 Å². The van der Waals surface area contributed by atoms with E-state index in [4.69, 9.17) is 9.47 Å². The van der Waals surface area contributed by atoms with Gasteiger partial charge >= 0.3 is 5.69 Å². The van der Waals surface area contributed by atoms with Crippen LogP contribution in [-0.4, -0.2) is 36.4 Å². The van der Waals surface area contributed by atoms with E-state index in [0.717, 1.165) is 31.6 Å². The number of nitrogens with one attached hydrogen (secondary N) is 2. The number of aromatic nitrogens is 2. The Hall–Kier alpha value is -3.06. The predicted molar refractivity (Wildman–Crippen MR) is 119 cm³/mol. The molecular weight excluding hydrogens is 394 g/mol. The molecule has 0 amide bonds. The Morgan fingerprint density at radius 2 is 1.84 bits per heavy atom. The minimum absolute atomic E-state index is 0.272. The summed E-state index contributed by atoms with van der Waals surface area (Å²) in [5.74, 6) is 2.41. The molecule has 0 bridgehead atoms. The van der Waals surface area contributed by atoms with Gasteiger partial charge in [-0.25, -0.2) is 4.79 Å². The van der Waals surface area contributed by atoms with E-state index in [0.29, 0.717) is 35.0 Å². The van der Waals surface area contributed by atoms with Crippen LogP contribution in [0, 0.1) is 5.92 Å². The number of para-hydroxylation sites is 1. The largest absolute Gasteiger partial charge is 0.496 e. The molecule has 3 atom stereocenters. The summed E-state index contributed by atoms with van der Waals surface area (Å²) in [6.07, 6.45) is 2.81. The molecule has 1 fully saturated rings. The summed E-state index contributed by atoms with van der Waals surface area (Å²) >= 11 is 0. The van der Waals surface area contributed by atoms with Crippen LogP contribution in [-0.2, 0) is 13.0 Å². The van der Waals surface area contributed by atoms with E-state index in [9.17, 15) is 9.59 Å². The summed E-state index contributed by atoms with van der Waals surface area (Å²) < 4.78 is 12.2. The Bertz CT molecular complexity index is 1250. The van der Waals surface area contributed by atoms with Gasteiger partial charge in [-0.3, -0.25) is 9.36 Å². The number of fused-ring (bicyclic) bond motifs is 4. The molecule has 31 heavy (non-hydrogen) atoms. The maximum atomic E-state index is 13.0. The first-order valence-corrected chi connectivity index (χ1v) is 10.8. The number of rotatable bonds is 5. The zero-order valence-electron chi connectivity index (χ0n) is 17.8. The quantitative estimate of drug-likeness (QED) is 0.661. The van der Waals surface area contributed by atoms with Gasteiger partial charge in [-0.15, -0.1) is 0 Å². The normalized spacial score (nSPS) is 22.2. The number of methoxy groups -OCH3 is 2. The lowest BCUT2D eigenvalue weighted by atomic mass is 9.74. The third-order valence-corrected chi connectivity index (χ3v) is 7.01. The minimum Gasteiger partial charge on any atom is -0.496 e. The second kappa shape index (κ2) is 7.89. The Labute approximate surface area is 180 Å². The molecule has 0 radical (unpaired) electrons. The molecule has 3 aromatic rings. The van der Waals surface area contributed by atoms with Crippen molar-refractivity contribution in [1.82, 2.24) is 14.9 Å². The lowest BCUT2D eigenvalue weighted by molar-refractivity contribution is 0.337. The number of nitrogens with zero attached hydrogens (tertiary/aromatic N) is 1. The Morgan fingerprint density at radius 1 is 1.06 bits per heavy atom. The fourth-order valence-corrected chi connectivity index (χ4v) is 5.51. The van der Waals surface area contributed by atoms with Crippen molar-refractivity contribution in [1.29, 1.82) is 0 Å². The van der Waals surface area contributed by atoms with E-state index in [1.165, 1.54) is 22.8 Å². The Kier molecular flexibility index (Phi) is 5.06. The molecule has 2 aliphatic rings. The number of H-pyrrole nitrogens is 1. The maximum absolute atomic E-state index is 13.0. The average molecular weight is 421 g/mol. The maximum Gasteiger partial charge on any atom is 0.328 e. The predicted octanol–water partition coefficient (Wildman–Crippen LogP) is 2.42. The summed E-state index contributed by atoms with van der Waals surface area (Å²) in [5.41, 5.74) is 2.48. The number of hydrogen-bond acceptors (Lipinski definition) is 5. The van der Waals surface area contributed by atoms with E-state index in [1.54, 1.807) is 25.3 Å². The molecule has 2 N–H and O–H groups in total. The number of benzene rings is 2. The fraction of sp³-hybridized carbons (Fsp3) is 0.417. The summed E-state index contributed by atoms with van der Waals surface area (Å²) in [6.45, 7) is 1.29. The van der Waals surface area contributed by atoms with Gasteiger partial charge in [0.25, 0.3) is 5.56 Å². The smallest absolute Gasteiger partial charge is 0.328 e. The second-order valence-corrected chi connectivity index (χ2v) is 8.41. The molecule has 2 heterocycles. The first-order valence-electron chi connectivity index (χ1n) is 10.8. The summed E-state index contributed by atoms with van der Waals surface area (Å²) in [5, 5.41) is 4.12. The van der Waals surface area contributed by atoms with Crippen LogP contribution in [0.5, 0.6) is 11.5 Å². The molecule has 1 unspecified atom stereocenters. The van der Waals surface area contributed by atoms with Crippen molar-refractivity contribution >= 4 is 10.9 Å². The van der Waals surface area contributed by atoms with E-state index < -0.39 is 5.69 Å². The molecule has 162 valence electrons. The van der Waals surface area contributed by atoms with E-state index in [1.807, 2.05) is 6.07 Å². The van der Waals surface area contributed by atoms with Crippen molar-refractivity contribution in [3.63, 3.8) is 0 Å². The zero-order valence-corrected chi connectivity index (χ0v) is 17.8. The zero-order chi connectivity index (χ0) is 21.5. The lowest BCUT2D eigenvalue weighted by Gasteiger charge is -2.31. The number of aromatic amines is 1. The summed E-state index contributed by atoms with van der Waals surface area (Å²) in [7, 11) is 3.25. The van der Waals surface area contributed by atoms with E-state index >= 15 is 0 Å². The van der Waals surface area contributed by atoms with Crippen LogP contribution in [0.2, 0.25) is 0 Å². The van der Waals surface area contributed by atoms with Gasteiger partial charge < -0.3 is 19.8 Å². The highest BCUT2D eigenvalue weighted by atomic mass is 16.5. The van der Waals surface area contributed by atoms with Gasteiger partial charge in [0.15, 0.2) is 0 Å². The van der Waals surface area contributed by atoms with Crippen LogP contribution in [0.15, 0.2) is 46.0 Å². The van der Waals surface area contributed by atoms with Gasteiger partial charge in [0.2, 0.25) is 0 Å². The first kappa shape index (κ1) is 19.9. The number of hydrogen-bond donors (Lipinski definition) is 2. The molecule has 2 aromatic carbocycles. The van der Waals surface area contributed by atoms with Crippen molar-refractivity contribution < 1.29 is 9.47 Å². The van der Waals surface area contributed by atoms with Gasteiger partial charge in [0.1, 0.15) is 11.5 Å². The van der Waals surface area contributed by atoms with Gasteiger partial charge in [-0.2, -0.15) is 0 Å². The number of ether oxygens (including phenoxy) is 2. The average Bonchev–Trinajstić information content (AvgIpc) is 3.21. The molecule has 0 saturated carbocycles. The van der Waals surface area contributed by atoms with Crippen LogP contribution in [0.3, 0.4) is 0 Å². The van der Waals surface area contributed by atoms with Crippen LogP contribution >= 0.6 is 0 Å². The summed E-state index contributed by atoms with van der Waals surface area (Å²) in [6, 6.07) is 11.8. The Morgan fingerprint density at radius 3 is 2.65 bits per heavy atom. The molecule has 1 aliphatic carbocycles. The fourth-order valence-electron chi connectivity index (χ4n) is 5.51. The topological polar surface area (TPSA) is 85.3 Å². The molecule has 7 heteroatoms. The highest BCUT2D eigenvalue weighted by molar-refractivity contribution is 5.83. The Balaban J connectivity index is 1.39. The minimum atomic E-state index is -0.393. The highest BCUT2D eigenvalue weighted by Gasteiger charge is 2.40. The molecule has 1 aromatic heterocycles. The second-order valence-electron chi connectivity index (χ2n) is 8.41. The van der Waals surface area contributed by atoms with Gasteiger partial charge in [0.05, 0.1) is 25.1 Å². The van der Waals surface area contributed by atoms with Crippen molar-refractivity contribution in [2.75, 3.05) is 20.8 Å². The van der Waals surface area contributed by atoms with Gasteiger partial charge in [0, 0.05) is 25.0 Å². The van der Waals surface area contributed by atoms with E-state index in [2.05, 4.69) is 22.4 Å². The molecular formula is C24H27N3O4. The molecule has 0 spiro atoms. The SMILES string of the molecule is COc1cccc2c1CC[C@@H]1C(CCn3c(=O)[nH]c4c(OC)cccc4c3=O)NC[C@@H]21. The van der Waals surface area contributed by atoms with E-state index in [-0.39, 0.29) is 11.6 Å². The summed E-state index contributed by atoms with van der Waals surface area (Å²) in [4.78, 5) is 28.5. The van der Waals surface area contributed by atoms with Crippen molar-refractivity contribution in [3.8, 4) is 11.5 Å². The lowest BCUT2D eigenvalue weighted by Crippen LogP contribution is -2.38. The van der Waals surface area contributed by atoms with Gasteiger partial charge in [-0.05, 0) is 54.5 Å². The van der Waals surface area contributed by atoms with Crippen molar-refractivity contribution in [3.05, 3.63) is 68.4 Å². The van der Waals surface area contributed by atoms with Crippen LogP contribution in [0.25, 0.3) is 10.9 Å². The van der Waals surface area contributed by atoms with Crippen LogP contribution in [0.4, 0.5) is 0 Å². The van der Waals surface area contributed by atoms with Crippen molar-refractivity contribution in [2.45, 2.75) is 37.8 Å². The monoisotopic (exact) mass is 421 g/mol. The van der Waals surface area contributed by atoms with Crippen LogP contribution in [0.1, 0.15) is 29.9 Å². The molecule has 7 nitrogen and oxygen atoms in total. The molecule has 1 aliphatic heterocycles. The first-order chi connectivity index (χ1) is 15.1. The third kappa shape index (κ3) is 3.24. The molecule has 1 saturated heterocycles. The van der Waals surface area contributed by atoms with Crippen LogP contribution < -0.4 is 26.0 Å². The van der Waals surface area contributed by atoms with Gasteiger partial charge in [-0.1, -0.05) is 18.2 Å². The molecule has 5 rings (SSSR count). The highest BCUT2D eigenvalue weighted by Crippen LogP contribution is 2.44.